The van der Waals surface area contributed by atoms with Crippen LogP contribution in [0.5, 0.6) is 0 Å². The van der Waals surface area contributed by atoms with Crippen LogP contribution in [-0.2, 0) is 0 Å². The molecular formula is C15H30. The summed E-state index contributed by atoms with van der Waals surface area (Å²) in [5, 5.41) is 0. The lowest BCUT2D eigenvalue weighted by Crippen LogP contribution is -1.98. The summed E-state index contributed by atoms with van der Waals surface area (Å²) in [5.41, 5.74) is 0. The summed E-state index contributed by atoms with van der Waals surface area (Å²) in [6, 6.07) is 0. The molecule has 90 valence electrons. The highest BCUT2D eigenvalue weighted by Crippen LogP contribution is 2.19. The lowest BCUT2D eigenvalue weighted by Gasteiger charge is -2.12. The maximum Gasteiger partial charge on any atom is -0.0348 e. The van der Waals surface area contributed by atoms with Crippen molar-refractivity contribution in [2.24, 2.45) is 5.92 Å². The van der Waals surface area contributed by atoms with Crippen LogP contribution < -0.4 is 0 Å². The van der Waals surface area contributed by atoms with E-state index in [4.69, 9.17) is 0 Å². The fraction of sp³-hybridized carbons (Fsp3) is 0.867. The molecule has 0 nitrogen and oxygen atoms in total. The third kappa shape index (κ3) is 10.0. The van der Waals surface area contributed by atoms with Crippen LogP contribution in [0.1, 0.15) is 78.6 Å². The quantitative estimate of drug-likeness (QED) is 0.319. The predicted octanol–water partition coefficient (Wildman–Crippen LogP) is 5.73. The first-order chi connectivity index (χ1) is 7.35. The molecule has 15 heavy (non-hydrogen) atoms. The molecule has 0 rings (SSSR count). The number of rotatable bonds is 10. The van der Waals surface area contributed by atoms with E-state index in [2.05, 4.69) is 32.9 Å². The Morgan fingerprint density at radius 3 is 2.13 bits per heavy atom. The monoisotopic (exact) mass is 210 g/mol. The van der Waals surface area contributed by atoms with Crippen LogP contribution in [0.2, 0.25) is 0 Å². The molecule has 0 amide bonds. The normalized spacial score (nSPS) is 13.5. The second kappa shape index (κ2) is 11.8. The minimum Gasteiger partial charge on any atom is -0.0885 e. The van der Waals surface area contributed by atoms with E-state index < -0.39 is 0 Å². The van der Waals surface area contributed by atoms with E-state index in [1.54, 1.807) is 0 Å². The van der Waals surface area contributed by atoms with E-state index in [9.17, 15) is 0 Å². The maximum absolute atomic E-state index is 2.38. The zero-order chi connectivity index (χ0) is 11.4. The molecule has 1 atom stereocenters. The zero-order valence-electron chi connectivity index (χ0n) is 11.1. The van der Waals surface area contributed by atoms with Crippen LogP contribution >= 0.6 is 0 Å². The van der Waals surface area contributed by atoms with Gasteiger partial charge in [0, 0.05) is 0 Å². The van der Waals surface area contributed by atoms with Gasteiger partial charge in [0.05, 0.1) is 0 Å². The fourth-order valence-corrected chi connectivity index (χ4v) is 1.97. The van der Waals surface area contributed by atoms with Gasteiger partial charge < -0.3 is 0 Å². The van der Waals surface area contributed by atoms with E-state index in [-0.39, 0.29) is 0 Å². The highest BCUT2D eigenvalue weighted by atomic mass is 14.1. The first kappa shape index (κ1) is 14.7. The number of unbranched alkanes of at least 4 members (excludes halogenated alkanes) is 3. The Labute approximate surface area is 97.2 Å². The molecule has 0 aliphatic carbocycles. The van der Waals surface area contributed by atoms with Crippen molar-refractivity contribution in [1.82, 2.24) is 0 Å². The molecule has 0 bridgehead atoms. The lowest BCUT2D eigenvalue weighted by atomic mass is 9.94. The minimum atomic E-state index is 0.975. The average molecular weight is 210 g/mol. The first-order valence-electron chi connectivity index (χ1n) is 7.00. The molecule has 0 N–H and O–H groups in total. The summed E-state index contributed by atoms with van der Waals surface area (Å²) in [6.45, 7) is 6.87. The Kier molecular flexibility index (Phi) is 11.6. The third-order valence-corrected chi connectivity index (χ3v) is 3.16. The van der Waals surface area contributed by atoms with Crippen molar-refractivity contribution in [2.45, 2.75) is 78.6 Å². The minimum absolute atomic E-state index is 0.975. The van der Waals surface area contributed by atoms with Crippen molar-refractivity contribution < 1.29 is 0 Å². The molecule has 0 aromatic carbocycles. The largest absolute Gasteiger partial charge is 0.0885 e. The van der Waals surface area contributed by atoms with Crippen LogP contribution in [0.25, 0.3) is 0 Å². The van der Waals surface area contributed by atoms with Crippen LogP contribution in [0.3, 0.4) is 0 Å². The Morgan fingerprint density at radius 2 is 1.53 bits per heavy atom. The summed E-state index contributed by atoms with van der Waals surface area (Å²) < 4.78 is 0. The molecule has 0 spiro atoms. The van der Waals surface area contributed by atoms with Gasteiger partial charge in [-0.3, -0.25) is 0 Å². The lowest BCUT2D eigenvalue weighted by molar-refractivity contribution is 0.419. The van der Waals surface area contributed by atoms with Gasteiger partial charge in [0.25, 0.3) is 0 Å². The van der Waals surface area contributed by atoms with Crippen LogP contribution in [0, 0.1) is 5.92 Å². The molecule has 0 fully saturated rings. The van der Waals surface area contributed by atoms with E-state index >= 15 is 0 Å². The second-order valence-corrected chi connectivity index (χ2v) is 4.61. The molecule has 0 aliphatic heterocycles. The van der Waals surface area contributed by atoms with E-state index in [0.717, 1.165) is 5.92 Å². The third-order valence-electron chi connectivity index (χ3n) is 3.16. The molecule has 0 radical (unpaired) electrons. The highest BCUT2D eigenvalue weighted by Gasteiger charge is 2.03. The second-order valence-electron chi connectivity index (χ2n) is 4.61. The zero-order valence-corrected chi connectivity index (χ0v) is 11.1. The summed E-state index contributed by atoms with van der Waals surface area (Å²) in [6.07, 6.45) is 17.0. The topological polar surface area (TPSA) is 0 Å². The molecule has 0 aromatic heterocycles. The standard InChI is InChI=1S/C15H30/c1-4-7-9-10-12-14-15(6-3)13-11-8-5-2/h9-10,15H,4-8,11-14H2,1-3H3/b10-9+. The SMILES string of the molecule is CCC/C=C/CCC(CC)CCCCC. The van der Waals surface area contributed by atoms with Crippen molar-refractivity contribution in [3.8, 4) is 0 Å². The van der Waals surface area contributed by atoms with Crippen molar-refractivity contribution in [3.05, 3.63) is 12.2 Å². The van der Waals surface area contributed by atoms with Crippen LogP contribution in [0.15, 0.2) is 12.2 Å². The summed E-state index contributed by atoms with van der Waals surface area (Å²) in [7, 11) is 0. The molecule has 1 unspecified atom stereocenters. The predicted molar refractivity (Wildman–Crippen MR) is 71.2 cm³/mol. The van der Waals surface area contributed by atoms with Gasteiger partial charge in [0.2, 0.25) is 0 Å². The van der Waals surface area contributed by atoms with Gasteiger partial charge in [-0.2, -0.15) is 0 Å². The molecular weight excluding hydrogens is 180 g/mol. The van der Waals surface area contributed by atoms with Crippen molar-refractivity contribution in [1.29, 1.82) is 0 Å². The molecule has 0 heteroatoms. The average Bonchev–Trinajstić information content (AvgIpc) is 2.26. The van der Waals surface area contributed by atoms with Gasteiger partial charge in [-0.05, 0) is 25.2 Å². The van der Waals surface area contributed by atoms with Crippen LogP contribution in [-0.4, -0.2) is 0 Å². The highest BCUT2D eigenvalue weighted by molar-refractivity contribution is 4.81. The van der Waals surface area contributed by atoms with Gasteiger partial charge in [-0.1, -0.05) is 71.4 Å². The fourth-order valence-electron chi connectivity index (χ4n) is 1.97. The van der Waals surface area contributed by atoms with Gasteiger partial charge in [0.15, 0.2) is 0 Å². The Hall–Kier alpha value is -0.260. The Bertz CT molecular complexity index is 135. The molecule has 0 saturated carbocycles. The Morgan fingerprint density at radius 1 is 0.800 bits per heavy atom. The van der Waals surface area contributed by atoms with Gasteiger partial charge >= 0.3 is 0 Å². The molecule has 0 aromatic rings. The maximum atomic E-state index is 2.38. The van der Waals surface area contributed by atoms with Crippen LogP contribution in [0.4, 0.5) is 0 Å². The summed E-state index contributed by atoms with van der Waals surface area (Å²) in [5.74, 6) is 0.975. The molecule has 0 aliphatic rings. The first-order valence-corrected chi connectivity index (χ1v) is 7.00. The number of hydrogen-bond donors (Lipinski definition) is 0. The van der Waals surface area contributed by atoms with Crippen molar-refractivity contribution >= 4 is 0 Å². The smallest absolute Gasteiger partial charge is 0.0348 e. The van der Waals surface area contributed by atoms with E-state index in [1.807, 2.05) is 0 Å². The van der Waals surface area contributed by atoms with Gasteiger partial charge in [-0.15, -0.1) is 0 Å². The van der Waals surface area contributed by atoms with Gasteiger partial charge in [-0.25, -0.2) is 0 Å². The molecule has 0 saturated heterocycles. The van der Waals surface area contributed by atoms with Crippen molar-refractivity contribution in [3.63, 3.8) is 0 Å². The summed E-state index contributed by atoms with van der Waals surface area (Å²) in [4.78, 5) is 0. The van der Waals surface area contributed by atoms with E-state index in [1.165, 1.54) is 57.8 Å². The van der Waals surface area contributed by atoms with Gasteiger partial charge in [0.1, 0.15) is 0 Å². The molecule has 0 heterocycles. The van der Waals surface area contributed by atoms with E-state index in [0.29, 0.717) is 0 Å². The number of allylic oxidation sites excluding steroid dienone is 2. The Balaban J connectivity index is 3.43. The van der Waals surface area contributed by atoms with Crippen molar-refractivity contribution in [2.75, 3.05) is 0 Å². The number of hydrogen-bond acceptors (Lipinski definition) is 0. The summed E-state index contributed by atoms with van der Waals surface area (Å²) >= 11 is 0.